The van der Waals surface area contributed by atoms with Crippen LogP contribution in [0.4, 0.5) is 0 Å². The lowest BCUT2D eigenvalue weighted by atomic mass is 9.79. The number of hydrogen-bond acceptors (Lipinski definition) is 0. The zero-order valence-electron chi connectivity index (χ0n) is 32.9. The highest BCUT2D eigenvalue weighted by Crippen LogP contribution is 2.52. The van der Waals surface area contributed by atoms with E-state index in [-0.39, 0.29) is 0 Å². The summed E-state index contributed by atoms with van der Waals surface area (Å²) in [6.45, 7) is 0. The lowest BCUT2D eigenvalue weighted by Gasteiger charge is -2.24. The standard InChI is InChI=1S/C60H38/c1-3-21-41(22-4-1)55-47-29-11-13-31-49(47)57(45-33-15-25-39-19-7-9-27-43(39)45)59-51(35-17-37-53(55)59)52-36-18-38-54-56(42-23-5-2-6-24-42)48-30-12-14-32-50(48)58(60(52)54)46-34-16-26-40-20-8-10-28-44(40)46/h1-38H. The van der Waals surface area contributed by atoms with E-state index in [1.165, 1.54) is 120 Å². The van der Waals surface area contributed by atoms with Gasteiger partial charge in [-0.05, 0) is 120 Å². The van der Waals surface area contributed by atoms with Gasteiger partial charge in [-0.25, -0.2) is 0 Å². The van der Waals surface area contributed by atoms with Gasteiger partial charge in [0.1, 0.15) is 0 Å². The highest BCUT2D eigenvalue weighted by atomic mass is 14.3. The summed E-state index contributed by atoms with van der Waals surface area (Å²) in [6, 6.07) is 85.3. The topological polar surface area (TPSA) is 0 Å². The lowest BCUT2D eigenvalue weighted by Crippen LogP contribution is -1.96. The van der Waals surface area contributed by atoms with Crippen molar-refractivity contribution in [3.05, 3.63) is 231 Å². The van der Waals surface area contributed by atoms with Gasteiger partial charge in [-0.1, -0.05) is 231 Å². The fourth-order valence-electron chi connectivity index (χ4n) is 10.2. The highest BCUT2D eigenvalue weighted by Gasteiger charge is 2.25. The van der Waals surface area contributed by atoms with Crippen LogP contribution in [0.3, 0.4) is 0 Å². The van der Waals surface area contributed by atoms with Crippen molar-refractivity contribution in [3.8, 4) is 55.6 Å². The summed E-state index contributed by atoms with van der Waals surface area (Å²) in [5, 5.41) is 15.0. The Morgan fingerprint density at radius 3 is 0.867 bits per heavy atom. The van der Waals surface area contributed by atoms with Crippen LogP contribution in [0.25, 0.3) is 120 Å². The first-order valence-electron chi connectivity index (χ1n) is 20.9. The average Bonchev–Trinajstić information content (AvgIpc) is 3.32. The molecule has 0 atom stereocenters. The quantitative estimate of drug-likeness (QED) is 0.153. The lowest BCUT2D eigenvalue weighted by molar-refractivity contribution is 1.64. The molecule has 0 saturated heterocycles. The first kappa shape index (κ1) is 34.3. The molecule has 0 fully saturated rings. The van der Waals surface area contributed by atoms with Crippen LogP contribution >= 0.6 is 0 Å². The van der Waals surface area contributed by atoms with Crippen LogP contribution in [0, 0.1) is 0 Å². The third-order valence-electron chi connectivity index (χ3n) is 12.6. The summed E-state index contributed by atoms with van der Waals surface area (Å²) in [7, 11) is 0. The van der Waals surface area contributed by atoms with E-state index in [2.05, 4.69) is 231 Å². The predicted octanol–water partition coefficient (Wildman–Crippen LogP) is 16.9. The van der Waals surface area contributed by atoms with Gasteiger partial charge in [0.25, 0.3) is 0 Å². The summed E-state index contributed by atoms with van der Waals surface area (Å²) < 4.78 is 0. The van der Waals surface area contributed by atoms with Gasteiger partial charge >= 0.3 is 0 Å². The van der Waals surface area contributed by atoms with E-state index in [1.807, 2.05) is 0 Å². The van der Waals surface area contributed by atoms with Crippen LogP contribution in [0.2, 0.25) is 0 Å². The van der Waals surface area contributed by atoms with Crippen molar-refractivity contribution in [2.75, 3.05) is 0 Å². The van der Waals surface area contributed by atoms with E-state index in [9.17, 15) is 0 Å². The number of fused-ring (bicyclic) bond motifs is 6. The van der Waals surface area contributed by atoms with Crippen LogP contribution in [-0.4, -0.2) is 0 Å². The maximum Gasteiger partial charge on any atom is -0.00137 e. The molecule has 12 aromatic carbocycles. The first-order valence-corrected chi connectivity index (χ1v) is 20.9. The molecule has 0 heterocycles. The zero-order valence-corrected chi connectivity index (χ0v) is 32.9. The number of hydrogen-bond donors (Lipinski definition) is 0. The van der Waals surface area contributed by atoms with Crippen LogP contribution in [0.5, 0.6) is 0 Å². The van der Waals surface area contributed by atoms with Crippen molar-refractivity contribution >= 4 is 64.6 Å². The van der Waals surface area contributed by atoms with Gasteiger partial charge < -0.3 is 0 Å². The molecule has 12 rings (SSSR count). The molecule has 12 aromatic rings. The van der Waals surface area contributed by atoms with Gasteiger partial charge in [0.05, 0.1) is 0 Å². The Hall–Kier alpha value is -7.80. The summed E-state index contributed by atoms with van der Waals surface area (Å²) in [4.78, 5) is 0. The number of benzene rings is 12. The molecule has 0 unspecified atom stereocenters. The Morgan fingerprint density at radius 1 is 0.167 bits per heavy atom. The van der Waals surface area contributed by atoms with E-state index >= 15 is 0 Å². The fraction of sp³-hybridized carbons (Fsp3) is 0. The van der Waals surface area contributed by atoms with Crippen molar-refractivity contribution in [2.24, 2.45) is 0 Å². The highest BCUT2D eigenvalue weighted by molar-refractivity contribution is 6.31. The molecule has 0 bridgehead atoms. The van der Waals surface area contributed by atoms with Crippen LogP contribution in [-0.2, 0) is 0 Å². The Balaban J connectivity index is 1.33. The summed E-state index contributed by atoms with van der Waals surface area (Å²) in [5.74, 6) is 0. The molecule has 0 aromatic heterocycles. The molecular weight excluding hydrogens is 721 g/mol. The van der Waals surface area contributed by atoms with Crippen molar-refractivity contribution in [1.82, 2.24) is 0 Å². The molecule has 60 heavy (non-hydrogen) atoms. The van der Waals surface area contributed by atoms with Gasteiger partial charge in [-0.15, -0.1) is 0 Å². The van der Waals surface area contributed by atoms with E-state index in [1.54, 1.807) is 0 Å². The molecule has 0 saturated carbocycles. The van der Waals surface area contributed by atoms with Crippen LogP contribution in [0.15, 0.2) is 231 Å². The maximum absolute atomic E-state index is 2.37. The van der Waals surface area contributed by atoms with E-state index < -0.39 is 0 Å². The summed E-state index contributed by atoms with van der Waals surface area (Å²) in [6.07, 6.45) is 0. The van der Waals surface area contributed by atoms with Crippen molar-refractivity contribution in [1.29, 1.82) is 0 Å². The Bertz CT molecular complexity index is 3380. The van der Waals surface area contributed by atoms with Gasteiger partial charge in [0, 0.05) is 0 Å². The third kappa shape index (κ3) is 5.25. The molecule has 0 radical (unpaired) electrons. The van der Waals surface area contributed by atoms with Crippen molar-refractivity contribution in [2.45, 2.75) is 0 Å². The van der Waals surface area contributed by atoms with Gasteiger partial charge in [-0.2, -0.15) is 0 Å². The monoisotopic (exact) mass is 758 g/mol. The molecule has 0 aliphatic rings. The molecule has 0 aliphatic carbocycles. The normalized spacial score (nSPS) is 11.7. The second-order valence-electron chi connectivity index (χ2n) is 15.8. The molecule has 0 N–H and O–H groups in total. The smallest absolute Gasteiger partial charge is 0.00137 e. The maximum atomic E-state index is 2.37. The van der Waals surface area contributed by atoms with E-state index in [4.69, 9.17) is 0 Å². The average molecular weight is 759 g/mol. The van der Waals surface area contributed by atoms with Crippen molar-refractivity contribution in [3.63, 3.8) is 0 Å². The molecule has 0 spiro atoms. The molecule has 0 heteroatoms. The predicted molar refractivity (Wildman–Crippen MR) is 259 cm³/mol. The summed E-state index contributed by atoms with van der Waals surface area (Å²) >= 11 is 0. The minimum atomic E-state index is 1.21. The zero-order chi connectivity index (χ0) is 39.6. The largest absolute Gasteiger partial charge is 0.0622 e. The van der Waals surface area contributed by atoms with Crippen molar-refractivity contribution < 1.29 is 0 Å². The second kappa shape index (κ2) is 13.9. The summed E-state index contributed by atoms with van der Waals surface area (Å²) in [5.41, 5.74) is 12.4. The fourth-order valence-corrected chi connectivity index (χ4v) is 10.2. The Kier molecular flexibility index (Phi) is 7.96. The first-order chi connectivity index (χ1) is 29.8. The van der Waals surface area contributed by atoms with Crippen LogP contribution in [0.1, 0.15) is 0 Å². The van der Waals surface area contributed by atoms with Gasteiger partial charge in [0.15, 0.2) is 0 Å². The van der Waals surface area contributed by atoms with Gasteiger partial charge in [-0.3, -0.25) is 0 Å². The SMILES string of the molecule is c1ccc(-c2c3ccccc3c(-c3cccc4ccccc34)c3c(-c4cccc5c(-c6ccccc6)c6ccccc6c(-c6cccc7ccccc67)c45)cccc23)cc1. The van der Waals surface area contributed by atoms with E-state index in [0.29, 0.717) is 0 Å². The molecular formula is C60H38. The minimum Gasteiger partial charge on any atom is -0.0622 e. The molecule has 0 aliphatic heterocycles. The van der Waals surface area contributed by atoms with E-state index in [0.717, 1.165) is 0 Å². The van der Waals surface area contributed by atoms with Crippen LogP contribution < -0.4 is 0 Å². The third-order valence-corrected chi connectivity index (χ3v) is 12.6. The Labute approximate surface area is 349 Å². The Morgan fingerprint density at radius 2 is 0.450 bits per heavy atom. The second-order valence-corrected chi connectivity index (χ2v) is 15.8. The number of rotatable bonds is 5. The molecule has 0 amide bonds. The molecule has 0 nitrogen and oxygen atoms in total. The molecule has 278 valence electrons. The van der Waals surface area contributed by atoms with Gasteiger partial charge in [0.2, 0.25) is 0 Å². The minimum absolute atomic E-state index is 1.21.